The number of unbranched alkanes of at least 4 members (excludes halogenated alkanes) is 11. The van der Waals surface area contributed by atoms with Crippen molar-refractivity contribution in [2.45, 2.75) is 171 Å². The smallest absolute Gasteiger partial charge is 0.446 e. The SMILES string of the molecule is CCCCCCCC/C=C\CCCCCCCC(=O)O[C@@H](C)C(=O)O[C@@H](C)C(=O)OC1=CC[C@@]2(O)[C@H]3Cc4ccc(OC)c5c4[C@@]2(CCN3C)[C@H]1O5.O=CC(F)(F)F. The molecule has 324 valence electrons. The minimum atomic E-state index is -4.64. The maximum absolute atomic E-state index is 13.3. The number of likely N-dealkylation sites (tertiary alicyclic amines) is 1. The normalized spacial score (nSPS) is 24.0. The molecule has 0 aromatic heterocycles. The largest absolute Gasteiger partial charge is 0.493 e. The van der Waals surface area contributed by atoms with Gasteiger partial charge in [0.15, 0.2) is 29.8 Å². The number of ether oxygens (including phenoxy) is 5. The van der Waals surface area contributed by atoms with Gasteiger partial charge in [0.25, 0.3) is 0 Å². The summed E-state index contributed by atoms with van der Waals surface area (Å²) in [7, 11) is 3.61. The fraction of sp³-hybridized carbons (Fsp3) is 0.682. The Morgan fingerprint density at radius 2 is 1.55 bits per heavy atom. The number of methoxy groups -OCH3 is 1. The van der Waals surface area contributed by atoms with E-state index in [0.717, 1.165) is 49.8 Å². The molecule has 0 amide bonds. The summed E-state index contributed by atoms with van der Waals surface area (Å²) >= 11 is 0. The van der Waals surface area contributed by atoms with Gasteiger partial charge in [0, 0.05) is 24.4 Å². The number of allylic oxidation sites excluding steroid dienone is 2. The molecule has 1 N–H and O–H groups in total. The van der Waals surface area contributed by atoms with Crippen molar-refractivity contribution in [1.82, 2.24) is 4.90 Å². The van der Waals surface area contributed by atoms with Gasteiger partial charge in [0.2, 0.25) is 6.29 Å². The fourth-order valence-electron chi connectivity index (χ4n) is 8.75. The van der Waals surface area contributed by atoms with Crippen molar-refractivity contribution >= 4 is 24.2 Å². The molecule has 1 saturated heterocycles. The summed E-state index contributed by atoms with van der Waals surface area (Å²) in [5, 5.41) is 12.4. The zero-order chi connectivity index (χ0) is 42.5. The van der Waals surface area contributed by atoms with Gasteiger partial charge >= 0.3 is 24.1 Å². The van der Waals surface area contributed by atoms with E-state index in [1.165, 1.54) is 58.8 Å². The van der Waals surface area contributed by atoms with Gasteiger partial charge < -0.3 is 33.7 Å². The summed E-state index contributed by atoms with van der Waals surface area (Å²) in [6, 6.07) is 3.79. The molecule has 11 nitrogen and oxygen atoms in total. The Balaban J connectivity index is 0.00000115. The first-order valence-electron chi connectivity index (χ1n) is 20.9. The van der Waals surface area contributed by atoms with Gasteiger partial charge in [-0.15, -0.1) is 0 Å². The Bertz CT molecular complexity index is 1630. The van der Waals surface area contributed by atoms with Crippen LogP contribution in [0, 0.1) is 0 Å². The number of hydrogen-bond donors (Lipinski definition) is 1. The molecule has 0 saturated carbocycles. The molecule has 5 rings (SSSR count). The van der Waals surface area contributed by atoms with Crippen LogP contribution in [-0.4, -0.2) is 91.0 Å². The van der Waals surface area contributed by atoms with Crippen LogP contribution in [0.3, 0.4) is 0 Å². The van der Waals surface area contributed by atoms with Crippen molar-refractivity contribution in [3.8, 4) is 11.5 Å². The average Bonchev–Trinajstić information content (AvgIpc) is 3.55. The molecule has 2 aliphatic heterocycles. The monoisotopic (exact) mass is 821 g/mol. The molecule has 0 unspecified atom stereocenters. The van der Waals surface area contributed by atoms with Gasteiger partial charge in [-0.3, -0.25) is 9.59 Å². The minimum Gasteiger partial charge on any atom is -0.493 e. The van der Waals surface area contributed by atoms with Gasteiger partial charge in [-0.05, 0) is 90.1 Å². The van der Waals surface area contributed by atoms with Crippen LogP contribution in [0.5, 0.6) is 11.5 Å². The summed E-state index contributed by atoms with van der Waals surface area (Å²) in [5.74, 6) is -0.639. The minimum absolute atomic E-state index is 0.131. The van der Waals surface area contributed by atoms with Crippen LogP contribution >= 0.6 is 0 Å². The van der Waals surface area contributed by atoms with Crippen molar-refractivity contribution in [2.24, 2.45) is 0 Å². The zero-order valence-electron chi connectivity index (χ0n) is 34.7. The van der Waals surface area contributed by atoms with Crippen LogP contribution < -0.4 is 9.47 Å². The number of nitrogens with zero attached hydrogens (tertiary/aromatic N) is 1. The zero-order valence-corrected chi connectivity index (χ0v) is 34.7. The van der Waals surface area contributed by atoms with E-state index < -0.39 is 59.7 Å². The lowest BCUT2D eigenvalue weighted by atomic mass is 9.50. The standard InChI is InChI=1S/C42H61NO9.C2HF3O/c1-6-7-8-9-10-11-12-13-14-15-16-17-18-19-20-21-35(44)49-29(2)39(45)50-30(3)40(46)51-33-24-25-42(47)34-28-31-22-23-32(48-5)37-36(31)41(42,38(33)52-37)26-27-43(34)4;3-2(4,5)1-6/h13-14,22-24,29-30,34,38,47H,6-12,15-21,25-28H2,1-5H3;1H/b14-13-;/t29-,30-,34+,38-,41-,42+;/m0./s1. The fourth-order valence-corrected chi connectivity index (χ4v) is 8.75. The number of esters is 3. The third-order valence-electron chi connectivity index (χ3n) is 11.8. The van der Waals surface area contributed by atoms with Crippen LogP contribution in [0.1, 0.15) is 135 Å². The molecule has 58 heavy (non-hydrogen) atoms. The summed E-state index contributed by atoms with van der Waals surface area (Å²) < 4.78 is 60.0. The summed E-state index contributed by atoms with van der Waals surface area (Å²) in [6.07, 6.45) is 14.4. The maximum atomic E-state index is 13.3. The Morgan fingerprint density at radius 3 is 2.17 bits per heavy atom. The number of benzene rings is 1. The number of carbonyl (C=O) groups is 4. The number of aldehydes is 1. The Labute approximate surface area is 340 Å². The van der Waals surface area contributed by atoms with E-state index in [4.69, 9.17) is 28.5 Å². The molecule has 6 atom stereocenters. The van der Waals surface area contributed by atoms with E-state index in [1.54, 1.807) is 13.2 Å². The second-order valence-corrected chi connectivity index (χ2v) is 15.9. The quantitative estimate of drug-likeness (QED) is 0.0423. The lowest BCUT2D eigenvalue weighted by Crippen LogP contribution is -2.74. The lowest BCUT2D eigenvalue weighted by Gasteiger charge is -2.61. The first-order valence-corrected chi connectivity index (χ1v) is 20.9. The molecule has 1 aromatic carbocycles. The molecule has 1 spiro atoms. The van der Waals surface area contributed by atoms with Crippen LogP contribution in [0.2, 0.25) is 0 Å². The molecule has 2 heterocycles. The Kier molecular flexibility index (Phi) is 17.2. The van der Waals surface area contributed by atoms with Gasteiger partial charge in [-0.25, -0.2) is 9.59 Å². The third kappa shape index (κ3) is 11.2. The van der Waals surface area contributed by atoms with E-state index >= 15 is 0 Å². The van der Waals surface area contributed by atoms with Crippen LogP contribution in [0.15, 0.2) is 36.1 Å². The molecule has 14 heteroatoms. The van der Waals surface area contributed by atoms with Crippen molar-refractivity contribution in [3.05, 3.63) is 47.2 Å². The number of rotatable bonds is 21. The van der Waals surface area contributed by atoms with Crippen molar-refractivity contribution in [1.29, 1.82) is 0 Å². The topological polar surface area (TPSA) is 138 Å². The van der Waals surface area contributed by atoms with E-state index in [0.29, 0.717) is 30.8 Å². The van der Waals surface area contributed by atoms with Crippen molar-refractivity contribution in [2.75, 3.05) is 20.7 Å². The average molecular weight is 822 g/mol. The lowest BCUT2D eigenvalue weighted by molar-refractivity contribution is -0.180. The summed E-state index contributed by atoms with van der Waals surface area (Å²) in [4.78, 5) is 49.4. The second kappa shape index (κ2) is 21.4. The Morgan fingerprint density at radius 1 is 0.948 bits per heavy atom. The molecular formula is C44H62F3NO10. The molecule has 0 radical (unpaired) electrons. The van der Waals surface area contributed by atoms with Crippen LogP contribution in [0.25, 0.3) is 0 Å². The number of likely N-dealkylation sites (N-methyl/N-ethyl adjacent to an activating group) is 1. The highest BCUT2D eigenvalue weighted by Crippen LogP contribution is 2.65. The predicted octanol–water partition coefficient (Wildman–Crippen LogP) is 8.16. The first kappa shape index (κ1) is 46.8. The van der Waals surface area contributed by atoms with E-state index in [1.807, 2.05) is 19.2 Å². The number of halogens is 3. The summed E-state index contributed by atoms with van der Waals surface area (Å²) in [6.45, 7) is 5.86. The number of hydrogen-bond acceptors (Lipinski definition) is 11. The van der Waals surface area contributed by atoms with Gasteiger partial charge in [0.05, 0.1) is 18.1 Å². The van der Waals surface area contributed by atoms with Gasteiger partial charge in [-0.2, -0.15) is 13.2 Å². The molecule has 1 aromatic rings. The molecule has 1 fully saturated rings. The highest BCUT2D eigenvalue weighted by atomic mass is 19.4. The van der Waals surface area contributed by atoms with Crippen LogP contribution in [-0.2, 0) is 45.2 Å². The van der Waals surface area contributed by atoms with Crippen molar-refractivity contribution in [3.63, 3.8) is 0 Å². The van der Waals surface area contributed by atoms with E-state index in [2.05, 4.69) is 24.0 Å². The van der Waals surface area contributed by atoms with Crippen molar-refractivity contribution < 1.29 is 61.1 Å². The van der Waals surface area contributed by atoms with Crippen LogP contribution in [0.4, 0.5) is 13.2 Å². The predicted molar refractivity (Wildman–Crippen MR) is 210 cm³/mol. The second-order valence-electron chi connectivity index (χ2n) is 15.9. The first-order chi connectivity index (χ1) is 27.6. The molecule has 2 bridgehead atoms. The molecular weight excluding hydrogens is 759 g/mol. The van der Waals surface area contributed by atoms with E-state index in [9.17, 15) is 32.7 Å². The number of piperidine rings is 1. The highest BCUT2D eigenvalue weighted by molar-refractivity contribution is 5.83. The number of carbonyl (C=O) groups excluding carboxylic acids is 4. The number of alkyl halides is 3. The third-order valence-corrected chi connectivity index (χ3v) is 11.8. The number of aliphatic hydroxyl groups is 1. The molecule has 2 aliphatic carbocycles. The van der Waals surface area contributed by atoms with E-state index in [-0.39, 0.29) is 24.6 Å². The van der Waals surface area contributed by atoms with Gasteiger partial charge in [0.1, 0.15) is 5.76 Å². The Hall–Kier alpha value is -3.91. The summed E-state index contributed by atoms with van der Waals surface area (Å²) in [5.41, 5.74) is 0.0723. The highest BCUT2D eigenvalue weighted by Gasteiger charge is 2.72. The molecule has 4 aliphatic rings. The maximum Gasteiger partial charge on any atom is 0.446 e. The van der Waals surface area contributed by atoms with Gasteiger partial charge in [-0.1, -0.05) is 76.5 Å².